The SMILES string of the molecule is CCn1nccc1C(=O)/C=C/c1cccc([N+](=O)[O-])c1. The van der Waals surface area contributed by atoms with E-state index in [1.807, 2.05) is 6.92 Å². The number of nitro groups is 1. The smallest absolute Gasteiger partial charge is 0.270 e. The number of nitrogens with zero attached hydrogens (tertiary/aromatic N) is 3. The second-order valence-corrected chi connectivity index (χ2v) is 4.08. The van der Waals surface area contributed by atoms with Crippen LogP contribution in [0.3, 0.4) is 0 Å². The number of hydrogen-bond donors (Lipinski definition) is 0. The van der Waals surface area contributed by atoms with Crippen molar-refractivity contribution in [2.75, 3.05) is 0 Å². The van der Waals surface area contributed by atoms with Gasteiger partial charge in [0.1, 0.15) is 5.69 Å². The number of nitro benzene ring substituents is 1. The quantitative estimate of drug-likeness (QED) is 0.362. The first kappa shape index (κ1) is 13.7. The second-order valence-electron chi connectivity index (χ2n) is 4.08. The summed E-state index contributed by atoms with van der Waals surface area (Å²) in [4.78, 5) is 22.2. The van der Waals surface area contributed by atoms with Gasteiger partial charge in [-0.1, -0.05) is 18.2 Å². The van der Waals surface area contributed by atoms with Crippen molar-refractivity contribution >= 4 is 17.5 Å². The Morgan fingerprint density at radius 1 is 1.45 bits per heavy atom. The maximum absolute atomic E-state index is 12.0. The number of non-ortho nitro benzene ring substituents is 1. The average Bonchev–Trinajstić information content (AvgIpc) is 2.93. The highest BCUT2D eigenvalue weighted by Crippen LogP contribution is 2.14. The zero-order valence-corrected chi connectivity index (χ0v) is 10.9. The summed E-state index contributed by atoms with van der Waals surface area (Å²) in [6.07, 6.45) is 4.52. The summed E-state index contributed by atoms with van der Waals surface area (Å²) in [6, 6.07) is 7.75. The van der Waals surface area contributed by atoms with Gasteiger partial charge in [0, 0.05) is 24.9 Å². The van der Waals surface area contributed by atoms with Crippen LogP contribution in [0.15, 0.2) is 42.6 Å². The monoisotopic (exact) mass is 271 g/mol. The van der Waals surface area contributed by atoms with Gasteiger partial charge in [-0.25, -0.2) is 0 Å². The predicted molar refractivity (Wildman–Crippen MR) is 74.4 cm³/mol. The van der Waals surface area contributed by atoms with Crippen molar-refractivity contribution in [1.29, 1.82) is 0 Å². The molecule has 0 bridgehead atoms. The third-order valence-electron chi connectivity index (χ3n) is 2.78. The number of carbonyl (C=O) groups is 1. The molecule has 102 valence electrons. The van der Waals surface area contributed by atoms with Crippen LogP contribution >= 0.6 is 0 Å². The van der Waals surface area contributed by atoms with E-state index in [0.717, 1.165) is 0 Å². The number of aryl methyl sites for hydroxylation is 1. The zero-order chi connectivity index (χ0) is 14.5. The predicted octanol–water partition coefficient (Wildman–Crippen LogP) is 2.71. The van der Waals surface area contributed by atoms with Crippen molar-refractivity contribution < 1.29 is 9.72 Å². The molecular weight excluding hydrogens is 258 g/mol. The van der Waals surface area contributed by atoms with Gasteiger partial charge in [0.25, 0.3) is 5.69 Å². The van der Waals surface area contributed by atoms with E-state index in [1.54, 1.807) is 35.2 Å². The number of benzene rings is 1. The molecule has 0 saturated carbocycles. The molecule has 0 aliphatic rings. The zero-order valence-electron chi connectivity index (χ0n) is 10.9. The van der Waals surface area contributed by atoms with Gasteiger partial charge in [-0.15, -0.1) is 0 Å². The summed E-state index contributed by atoms with van der Waals surface area (Å²) in [5.74, 6) is -0.184. The molecule has 1 heterocycles. The van der Waals surface area contributed by atoms with Gasteiger partial charge in [-0.05, 0) is 24.6 Å². The number of allylic oxidation sites excluding steroid dienone is 1. The summed E-state index contributed by atoms with van der Waals surface area (Å²) >= 11 is 0. The van der Waals surface area contributed by atoms with Crippen LogP contribution in [0.25, 0.3) is 6.08 Å². The van der Waals surface area contributed by atoms with E-state index in [-0.39, 0.29) is 11.5 Å². The molecule has 0 unspecified atom stereocenters. The van der Waals surface area contributed by atoms with Crippen molar-refractivity contribution in [2.24, 2.45) is 0 Å². The Bertz CT molecular complexity index is 674. The summed E-state index contributed by atoms with van der Waals surface area (Å²) in [6.45, 7) is 2.51. The van der Waals surface area contributed by atoms with Crippen LogP contribution in [-0.2, 0) is 6.54 Å². The van der Waals surface area contributed by atoms with Crippen molar-refractivity contribution in [2.45, 2.75) is 13.5 Å². The molecule has 0 atom stereocenters. The van der Waals surface area contributed by atoms with Crippen molar-refractivity contribution in [3.63, 3.8) is 0 Å². The minimum atomic E-state index is -0.467. The lowest BCUT2D eigenvalue weighted by atomic mass is 10.1. The van der Waals surface area contributed by atoms with Crippen LogP contribution in [0.2, 0.25) is 0 Å². The molecular formula is C14H13N3O3. The Kier molecular flexibility index (Phi) is 4.05. The molecule has 0 N–H and O–H groups in total. The molecule has 6 heteroatoms. The van der Waals surface area contributed by atoms with E-state index in [4.69, 9.17) is 0 Å². The minimum Gasteiger partial charge on any atom is -0.288 e. The molecule has 1 aromatic heterocycles. The minimum absolute atomic E-state index is 0.00167. The molecule has 0 radical (unpaired) electrons. The topological polar surface area (TPSA) is 78.0 Å². The van der Waals surface area contributed by atoms with Crippen LogP contribution in [0.1, 0.15) is 23.0 Å². The lowest BCUT2D eigenvalue weighted by molar-refractivity contribution is -0.384. The third-order valence-corrected chi connectivity index (χ3v) is 2.78. The van der Waals surface area contributed by atoms with Crippen LogP contribution in [0, 0.1) is 10.1 Å². The Labute approximate surface area is 115 Å². The first-order valence-corrected chi connectivity index (χ1v) is 6.10. The molecule has 0 saturated heterocycles. The third kappa shape index (κ3) is 2.97. The fraction of sp³-hybridized carbons (Fsp3) is 0.143. The van der Waals surface area contributed by atoms with E-state index in [0.29, 0.717) is 17.8 Å². The Morgan fingerprint density at radius 2 is 2.25 bits per heavy atom. The highest BCUT2D eigenvalue weighted by molar-refractivity contribution is 6.05. The number of aromatic nitrogens is 2. The van der Waals surface area contributed by atoms with Crippen LogP contribution in [0.4, 0.5) is 5.69 Å². The Balaban J connectivity index is 2.19. The van der Waals surface area contributed by atoms with Gasteiger partial charge >= 0.3 is 0 Å². The van der Waals surface area contributed by atoms with E-state index in [1.165, 1.54) is 18.2 Å². The lowest BCUT2D eigenvalue weighted by Gasteiger charge is -2.00. The first-order valence-electron chi connectivity index (χ1n) is 6.10. The standard InChI is InChI=1S/C14H13N3O3/c1-2-16-13(8-9-15-16)14(18)7-6-11-4-3-5-12(10-11)17(19)20/h3-10H,2H2,1H3/b7-6+. The summed E-state index contributed by atoms with van der Waals surface area (Å²) < 4.78 is 1.60. The van der Waals surface area contributed by atoms with Crippen molar-refractivity contribution in [1.82, 2.24) is 9.78 Å². The number of rotatable bonds is 5. The number of carbonyl (C=O) groups excluding carboxylic acids is 1. The Hall–Kier alpha value is -2.76. The van der Waals surface area contributed by atoms with E-state index in [9.17, 15) is 14.9 Å². The highest BCUT2D eigenvalue weighted by atomic mass is 16.6. The van der Waals surface area contributed by atoms with Crippen LogP contribution < -0.4 is 0 Å². The second kappa shape index (κ2) is 5.92. The summed E-state index contributed by atoms with van der Waals surface area (Å²) in [5.41, 5.74) is 1.10. The molecule has 0 spiro atoms. The number of ketones is 1. The fourth-order valence-corrected chi connectivity index (χ4v) is 1.79. The summed E-state index contributed by atoms with van der Waals surface area (Å²) in [5, 5.41) is 14.7. The molecule has 0 aliphatic carbocycles. The van der Waals surface area contributed by atoms with Gasteiger partial charge in [0.15, 0.2) is 0 Å². The maximum atomic E-state index is 12.0. The lowest BCUT2D eigenvalue weighted by Crippen LogP contribution is -2.07. The van der Waals surface area contributed by atoms with Gasteiger partial charge in [0.2, 0.25) is 5.78 Å². The highest BCUT2D eigenvalue weighted by Gasteiger charge is 2.08. The van der Waals surface area contributed by atoms with E-state index < -0.39 is 4.92 Å². The van der Waals surface area contributed by atoms with Gasteiger partial charge in [0.05, 0.1) is 4.92 Å². The number of hydrogen-bond acceptors (Lipinski definition) is 4. The van der Waals surface area contributed by atoms with Crippen LogP contribution in [0.5, 0.6) is 0 Å². The molecule has 20 heavy (non-hydrogen) atoms. The van der Waals surface area contributed by atoms with Crippen molar-refractivity contribution in [3.05, 3.63) is 64.0 Å². The maximum Gasteiger partial charge on any atom is 0.270 e. The van der Waals surface area contributed by atoms with Gasteiger partial charge in [-0.2, -0.15) is 5.10 Å². The molecule has 0 fully saturated rings. The molecule has 2 aromatic rings. The average molecular weight is 271 g/mol. The largest absolute Gasteiger partial charge is 0.288 e. The molecule has 6 nitrogen and oxygen atoms in total. The van der Waals surface area contributed by atoms with E-state index in [2.05, 4.69) is 5.10 Å². The Morgan fingerprint density at radius 3 is 2.95 bits per heavy atom. The molecule has 0 aliphatic heterocycles. The van der Waals surface area contributed by atoms with E-state index >= 15 is 0 Å². The first-order chi connectivity index (χ1) is 9.61. The molecule has 2 rings (SSSR count). The van der Waals surface area contributed by atoms with Gasteiger partial charge < -0.3 is 0 Å². The summed E-state index contributed by atoms with van der Waals surface area (Å²) in [7, 11) is 0. The van der Waals surface area contributed by atoms with Crippen molar-refractivity contribution in [3.8, 4) is 0 Å². The normalized spacial score (nSPS) is 10.8. The van der Waals surface area contributed by atoms with Gasteiger partial charge in [-0.3, -0.25) is 19.6 Å². The van der Waals surface area contributed by atoms with Crippen LogP contribution in [-0.4, -0.2) is 20.5 Å². The molecule has 0 amide bonds. The fourth-order valence-electron chi connectivity index (χ4n) is 1.79. The molecule has 1 aromatic carbocycles.